The molecular formula is C16H22N4. The quantitative estimate of drug-likeness (QED) is 0.876. The Morgan fingerprint density at radius 2 is 2.05 bits per heavy atom. The largest absolute Gasteiger partial charge is 0.373 e. The third kappa shape index (κ3) is 3.78. The van der Waals surface area contributed by atoms with Crippen molar-refractivity contribution in [1.29, 1.82) is 0 Å². The molecule has 4 nitrogen and oxygen atoms in total. The highest BCUT2D eigenvalue weighted by Crippen LogP contribution is 2.16. The predicted octanol–water partition coefficient (Wildman–Crippen LogP) is 2.57. The summed E-state index contributed by atoms with van der Waals surface area (Å²) in [6, 6.07) is 10.1. The van der Waals surface area contributed by atoms with E-state index in [-0.39, 0.29) is 6.04 Å². The van der Waals surface area contributed by atoms with E-state index in [0.717, 1.165) is 36.5 Å². The first-order valence-corrected chi connectivity index (χ1v) is 7.03. The molecule has 0 aromatic carbocycles. The lowest BCUT2D eigenvalue weighted by atomic mass is 10.1. The van der Waals surface area contributed by atoms with Crippen LogP contribution in [0.1, 0.15) is 30.8 Å². The molecule has 0 unspecified atom stereocenters. The van der Waals surface area contributed by atoms with Gasteiger partial charge in [-0.15, -0.1) is 0 Å². The lowest BCUT2D eigenvalue weighted by molar-refractivity contribution is 0.675. The average molecular weight is 270 g/mol. The first-order valence-electron chi connectivity index (χ1n) is 7.03. The molecule has 1 atom stereocenters. The lowest BCUT2D eigenvalue weighted by Crippen LogP contribution is -2.21. The maximum absolute atomic E-state index is 5.97. The van der Waals surface area contributed by atoms with Crippen molar-refractivity contribution in [3.8, 4) is 0 Å². The van der Waals surface area contributed by atoms with Gasteiger partial charge in [0.1, 0.15) is 0 Å². The SMILES string of the molecule is CC[C@H](N)c1ccc(N(C)CCc2ccccn2)cn1. The van der Waals surface area contributed by atoms with Crippen LogP contribution in [-0.2, 0) is 6.42 Å². The van der Waals surface area contributed by atoms with E-state index in [1.54, 1.807) is 0 Å². The Bertz CT molecular complexity index is 510. The summed E-state index contributed by atoms with van der Waals surface area (Å²) in [7, 11) is 2.07. The molecular weight excluding hydrogens is 248 g/mol. The molecule has 2 aromatic rings. The molecule has 0 aliphatic heterocycles. The van der Waals surface area contributed by atoms with E-state index in [1.165, 1.54) is 0 Å². The third-order valence-electron chi connectivity index (χ3n) is 3.46. The van der Waals surface area contributed by atoms with Gasteiger partial charge in [0.05, 0.1) is 17.6 Å². The van der Waals surface area contributed by atoms with Crippen molar-refractivity contribution < 1.29 is 0 Å². The summed E-state index contributed by atoms with van der Waals surface area (Å²) in [6.07, 6.45) is 5.55. The molecule has 2 aromatic heterocycles. The molecule has 0 saturated heterocycles. The molecule has 0 aliphatic carbocycles. The molecule has 0 fully saturated rings. The first-order chi connectivity index (χ1) is 9.70. The summed E-state index contributed by atoms with van der Waals surface area (Å²) in [4.78, 5) is 11.0. The Hall–Kier alpha value is -1.94. The number of hydrogen-bond donors (Lipinski definition) is 1. The smallest absolute Gasteiger partial charge is 0.0572 e. The number of nitrogens with two attached hydrogens (primary N) is 1. The van der Waals surface area contributed by atoms with E-state index in [4.69, 9.17) is 5.73 Å². The highest BCUT2D eigenvalue weighted by molar-refractivity contribution is 5.44. The molecule has 2 heterocycles. The molecule has 0 amide bonds. The van der Waals surface area contributed by atoms with Crippen molar-refractivity contribution in [2.75, 3.05) is 18.5 Å². The minimum absolute atomic E-state index is 0.0304. The van der Waals surface area contributed by atoms with Crippen molar-refractivity contribution in [2.24, 2.45) is 5.73 Å². The monoisotopic (exact) mass is 270 g/mol. The maximum atomic E-state index is 5.97. The molecule has 0 radical (unpaired) electrons. The van der Waals surface area contributed by atoms with Gasteiger partial charge in [-0.25, -0.2) is 0 Å². The van der Waals surface area contributed by atoms with Crippen LogP contribution in [0.3, 0.4) is 0 Å². The number of hydrogen-bond acceptors (Lipinski definition) is 4. The van der Waals surface area contributed by atoms with Gasteiger partial charge >= 0.3 is 0 Å². The van der Waals surface area contributed by atoms with E-state index >= 15 is 0 Å². The zero-order valence-corrected chi connectivity index (χ0v) is 12.2. The number of aromatic nitrogens is 2. The van der Waals surface area contributed by atoms with Crippen molar-refractivity contribution in [3.63, 3.8) is 0 Å². The van der Waals surface area contributed by atoms with Crippen molar-refractivity contribution in [1.82, 2.24) is 9.97 Å². The molecule has 4 heteroatoms. The van der Waals surface area contributed by atoms with Crippen molar-refractivity contribution in [3.05, 3.63) is 54.1 Å². The van der Waals surface area contributed by atoms with Crippen LogP contribution in [0.15, 0.2) is 42.7 Å². The van der Waals surface area contributed by atoms with E-state index in [0.29, 0.717) is 0 Å². The third-order valence-corrected chi connectivity index (χ3v) is 3.46. The van der Waals surface area contributed by atoms with Crippen LogP contribution in [-0.4, -0.2) is 23.6 Å². The van der Waals surface area contributed by atoms with Crippen LogP contribution in [0.5, 0.6) is 0 Å². The summed E-state index contributed by atoms with van der Waals surface area (Å²) in [5.41, 5.74) is 9.14. The van der Waals surface area contributed by atoms with E-state index in [2.05, 4.69) is 41.0 Å². The number of likely N-dealkylation sites (N-methyl/N-ethyl adjacent to an activating group) is 1. The standard InChI is InChI=1S/C16H22N4/c1-3-15(17)16-8-7-14(12-19-16)20(2)11-9-13-6-4-5-10-18-13/h4-8,10,12,15H,3,9,11,17H2,1-2H3/t15-/m0/s1. The van der Waals surface area contributed by atoms with Crippen LogP contribution >= 0.6 is 0 Å². The molecule has 2 rings (SSSR count). The number of pyridine rings is 2. The van der Waals surface area contributed by atoms with Crippen LogP contribution in [0, 0.1) is 0 Å². The average Bonchev–Trinajstić information content (AvgIpc) is 2.53. The normalized spacial score (nSPS) is 12.2. The summed E-state index contributed by atoms with van der Waals surface area (Å²) in [5.74, 6) is 0. The Kier molecular flexibility index (Phi) is 5.07. The second kappa shape index (κ2) is 7.01. The van der Waals surface area contributed by atoms with Gasteiger partial charge in [-0.2, -0.15) is 0 Å². The van der Waals surface area contributed by atoms with E-state index in [1.807, 2.05) is 30.6 Å². The van der Waals surface area contributed by atoms with Crippen molar-refractivity contribution in [2.45, 2.75) is 25.8 Å². The number of nitrogens with zero attached hydrogens (tertiary/aromatic N) is 3. The molecule has 20 heavy (non-hydrogen) atoms. The summed E-state index contributed by atoms with van der Waals surface area (Å²) < 4.78 is 0. The molecule has 2 N–H and O–H groups in total. The topological polar surface area (TPSA) is 55.0 Å². The number of anilines is 1. The summed E-state index contributed by atoms with van der Waals surface area (Å²) in [5, 5.41) is 0. The molecule has 106 valence electrons. The predicted molar refractivity (Wildman–Crippen MR) is 82.7 cm³/mol. The van der Waals surface area contributed by atoms with Gasteiger partial charge < -0.3 is 10.6 Å². The minimum atomic E-state index is 0.0304. The summed E-state index contributed by atoms with van der Waals surface area (Å²) in [6.45, 7) is 2.98. The molecule has 0 saturated carbocycles. The second-order valence-electron chi connectivity index (χ2n) is 4.95. The van der Waals surface area contributed by atoms with Crippen LogP contribution < -0.4 is 10.6 Å². The maximum Gasteiger partial charge on any atom is 0.0572 e. The second-order valence-corrected chi connectivity index (χ2v) is 4.95. The zero-order valence-electron chi connectivity index (χ0n) is 12.2. The first kappa shape index (κ1) is 14.5. The Balaban J connectivity index is 1.94. The Morgan fingerprint density at radius 3 is 2.65 bits per heavy atom. The Morgan fingerprint density at radius 1 is 1.20 bits per heavy atom. The molecule has 0 spiro atoms. The Labute approximate surface area is 120 Å². The minimum Gasteiger partial charge on any atom is -0.373 e. The van der Waals surface area contributed by atoms with Crippen LogP contribution in [0.2, 0.25) is 0 Å². The van der Waals surface area contributed by atoms with Gasteiger partial charge in [0.15, 0.2) is 0 Å². The van der Waals surface area contributed by atoms with Gasteiger partial charge in [-0.05, 0) is 30.7 Å². The fraction of sp³-hybridized carbons (Fsp3) is 0.375. The van der Waals surface area contributed by atoms with Gasteiger partial charge in [0.2, 0.25) is 0 Å². The number of rotatable bonds is 6. The molecule has 0 aliphatic rings. The van der Waals surface area contributed by atoms with Gasteiger partial charge in [-0.3, -0.25) is 9.97 Å². The fourth-order valence-corrected chi connectivity index (χ4v) is 2.01. The molecule has 0 bridgehead atoms. The zero-order chi connectivity index (χ0) is 14.4. The summed E-state index contributed by atoms with van der Waals surface area (Å²) >= 11 is 0. The fourth-order valence-electron chi connectivity index (χ4n) is 2.01. The van der Waals surface area contributed by atoms with Crippen LogP contribution in [0.25, 0.3) is 0 Å². The van der Waals surface area contributed by atoms with Gasteiger partial charge in [0, 0.05) is 37.9 Å². The lowest BCUT2D eigenvalue weighted by Gasteiger charge is -2.19. The highest BCUT2D eigenvalue weighted by atomic mass is 15.1. The van der Waals surface area contributed by atoms with E-state index in [9.17, 15) is 0 Å². The highest BCUT2D eigenvalue weighted by Gasteiger charge is 2.06. The van der Waals surface area contributed by atoms with E-state index < -0.39 is 0 Å². The van der Waals surface area contributed by atoms with Crippen molar-refractivity contribution >= 4 is 5.69 Å². The van der Waals surface area contributed by atoms with Gasteiger partial charge in [-0.1, -0.05) is 13.0 Å². The van der Waals surface area contributed by atoms with Gasteiger partial charge in [0.25, 0.3) is 0 Å². The van der Waals surface area contributed by atoms with Crippen LogP contribution in [0.4, 0.5) is 5.69 Å².